The molecule has 0 saturated carbocycles. The van der Waals surface area contributed by atoms with Crippen LogP contribution in [0, 0.1) is 19.7 Å². The molecule has 17 heavy (non-hydrogen) atoms. The highest BCUT2D eigenvalue weighted by molar-refractivity contribution is 5.51. The van der Waals surface area contributed by atoms with E-state index in [-0.39, 0.29) is 5.82 Å². The topological polar surface area (TPSA) is 24.9 Å². The minimum Gasteiger partial charge on any atom is -0.378 e. The summed E-state index contributed by atoms with van der Waals surface area (Å²) in [6.07, 6.45) is 1.80. The highest BCUT2D eigenvalue weighted by Gasteiger charge is 2.04. The van der Waals surface area contributed by atoms with Crippen LogP contribution in [0.4, 0.5) is 10.1 Å². The molecular formula is C14H15FN2. The molecule has 0 amide bonds. The van der Waals surface area contributed by atoms with Gasteiger partial charge in [-0.1, -0.05) is 18.2 Å². The lowest BCUT2D eigenvalue weighted by molar-refractivity contribution is 0.629. The zero-order valence-electron chi connectivity index (χ0n) is 10.00. The third-order valence-electron chi connectivity index (χ3n) is 2.66. The molecular weight excluding hydrogens is 215 g/mol. The van der Waals surface area contributed by atoms with Gasteiger partial charge in [0.1, 0.15) is 5.82 Å². The predicted molar refractivity (Wildman–Crippen MR) is 67.4 cm³/mol. The molecule has 1 heterocycles. The molecule has 0 saturated heterocycles. The second-order valence-electron chi connectivity index (χ2n) is 4.09. The largest absolute Gasteiger partial charge is 0.378 e. The summed E-state index contributed by atoms with van der Waals surface area (Å²) < 4.78 is 13.5. The fourth-order valence-corrected chi connectivity index (χ4v) is 1.65. The average molecular weight is 230 g/mol. The van der Waals surface area contributed by atoms with E-state index in [0.717, 1.165) is 16.8 Å². The average Bonchev–Trinajstić information content (AvgIpc) is 2.31. The number of benzene rings is 1. The summed E-state index contributed by atoms with van der Waals surface area (Å²) in [6, 6.07) is 9.00. The second kappa shape index (κ2) is 4.95. The van der Waals surface area contributed by atoms with Crippen LogP contribution in [0.1, 0.15) is 16.8 Å². The van der Waals surface area contributed by atoms with E-state index in [1.807, 2.05) is 32.0 Å². The summed E-state index contributed by atoms with van der Waals surface area (Å²) in [6.45, 7) is 4.41. The van der Waals surface area contributed by atoms with Crippen LogP contribution < -0.4 is 5.32 Å². The Morgan fingerprint density at radius 2 is 2.00 bits per heavy atom. The molecule has 0 aliphatic rings. The quantitative estimate of drug-likeness (QED) is 0.873. The van der Waals surface area contributed by atoms with Crippen molar-refractivity contribution >= 4 is 5.69 Å². The Labute approximate surface area is 101 Å². The van der Waals surface area contributed by atoms with Gasteiger partial charge in [-0.2, -0.15) is 0 Å². The Kier molecular flexibility index (Phi) is 3.38. The zero-order valence-corrected chi connectivity index (χ0v) is 10.00. The van der Waals surface area contributed by atoms with E-state index >= 15 is 0 Å². The molecule has 0 aliphatic carbocycles. The normalized spacial score (nSPS) is 10.3. The summed E-state index contributed by atoms with van der Waals surface area (Å²) in [7, 11) is 0. The van der Waals surface area contributed by atoms with Crippen LogP contribution in [0.5, 0.6) is 0 Å². The van der Waals surface area contributed by atoms with Crippen LogP contribution in [-0.4, -0.2) is 4.98 Å². The van der Waals surface area contributed by atoms with E-state index in [1.165, 1.54) is 6.07 Å². The van der Waals surface area contributed by atoms with Crippen molar-refractivity contribution in [1.82, 2.24) is 4.98 Å². The van der Waals surface area contributed by atoms with Crippen LogP contribution in [0.15, 0.2) is 36.5 Å². The minimum absolute atomic E-state index is 0.218. The number of para-hydroxylation sites is 1. The summed E-state index contributed by atoms with van der Waals surface area (Å²) in [5.41, 5.74) is 3.49. The molecule has 1 aromatic carbocycles. The van der Waals surface area contributed by atoms with E-state index in [1.54, 1.807) is 12.3 Å². The van der Waals surface area contributed by atoms with Crippen molar-refractivity contribution in [2.45, 2.75) is 20.4 Å². The molecule has 0 fully saturated rings. The lowest BCUT2D eigenvalue weighted by atomic mass is 10.2. The van der Waals surface area contributed by atoms with Crippen LogP contribution >= 0.6 is 0 Å². The fourth-order valence-electron chi connectivity index (χ4n) is 1.65. The van der Waals surface area contributed by atoms with Crippen LogP contribution in [0.2, 0.25) is 0 Å². The number of aromatic nitrogens is 1. The molecule has 1 N–H and O–H groups in total. The standard InChI is InChI=1S/C14H15FN2/c1-10-4-3-5-13(15)14(10)17-9-12-7-6-11(2)16-8-12/h3-8,17H,9H2,1-2H3. The monoisotopic (exact) mass is 230 g/mol. The summed E-state index contributed by atoms with van der Waals surface area (Å²) >= 11 is 0. The number of pyridine rings is 1. The molecule has 0 radical (unpaired) electrons. The van der Waals surface area contributed by atoms with E-state index < -0.39 is 0 Å². The van der Waals surface area contributed by atoms with Crippen molar-refractivity contribution in [3.63, 3.8) is 0 Å². The third kappa shape index (κ3) is 2.81. The highest BCUT2D eigenvalue weighted by atomic mass is 19.1. The van der Waals surface area contributed by atoms with Gasteiger partial charge in [-0.15, -0.1) is 0 Å². The van der Waals surface area contributed by atoms with Crippen molar-refractivity contribution < 1.29 is 4.39 Å². The SMILES string of the molecule is Cc1ccc(CNc2c(C)cccc2F)cn1. The molecule has 88 valence electrons. The van der Waals surface area contributed by atoms with Crippen molar-refractivity contribution in [1.29, 1.82) is 0 Å². The van der Waals surface area contributed by atoms with Crippen LogP contribution in [0.25, 0.3) is 0 Å². The van der Waals surface area contributed by atoms with Gasteiger partial charge in [0.2, 0.25) is 0 Å². The molecule has 0 bridgehead atoms. The number of anilines is 1. The molecule has 2 rings (SSSR count). The molecule has 3 heteroatoms. The Hall–Kier alpha value is -1.90. The molecule has 0 unspecified atom stereocenters. The van der Waals surface area contributed by atoms with Gasteiger partial charge >= 0.3 is 0 Å². The van der Waals surface area contributed by atoms with Gasteiger partial charge in [0.25, 0.3) is 0 Å². The van der Waals surface area contributed by atoms with Crippen LogP contribution in [0.3, 0.4) is 0 Å². The number of nitrogens with zero attached hydrogens (tertiary/aromatic N) is 1. The first-order valence-corrected chi connectivity index (χ1v) is 5.57. The number of hydrogen-bond acceptors (Lipinski definition) is 2. The molecule has 2 nitrogen and oxygen atoms in total. The fraction of sp³-hybridized carbons (Fsp3) is 0.214. The molecule has 0 spiro atoms. The van der Waals surface area contributed by atoms with Crippen molar-refractivity contribution in [3.05, 3.63) is 59.2 Å². The maximum Gasteiger partial charge on any atom is 0.146 e. The number of rotatable bonds is 3. The predicted octanol–water partition coefficient (Wildman–Crippen LogP) is 3.45. The second-order valence-corrected chi connectivity index (χ2v) is 4.09. The number of halogens is 1. The van der Waals surface area contributed by atoms with Gasteiger partial charge in [0, 0.05) is 18.4 Å². The first-order valence-electron chi connectivity index (χ1n) is 5.57. The van der Waals surface area contributed by atoms with E-state index in [4.69, 9.17) is 0 Å². The van der Waals surface area contributed by atoms with Crippen molar-refractivity contribution in [3.8, 4) is 0 Å². The van der Waals surface area contributed by atoms with Gasteiger partial charge in [-0.3, -0.25) is 4.98 Å². The Morgan fingerprint density at radius 1 is 1.18 bits per heavy atom. The van der Waals surface area contributed by atoms with Crippen LogP contribution in [-0.2, 0) is 6.54 Å². The number of nitrogens with one attached hydrogen (secondary N) is 1. The van der Waals surface area contributed by atoms with Gasteiger partial charge in [-0.25, -0.2) is 4.39 Å². The zero-order chi connectivity index (χ0) is 12.3. The Bertz CT molecular complexity index is 486. The van der Waals surface area contributed by atoms with Crippen molar-refractivity contribution in [2.24, 2.45) is 0 Å². The first-order chi connectivity index (χ1) is 8.16. The number of aryl methyl sites for hydroxylation is 2. The lowest BCUT2D eigenvalue weighted by Crippen LogP contribution is -2.03. The molecule has 0 atom stereocenters. The maximum absolute atomic E-state index is 13.5. The number of hydrogen-bond donors (Lipinski definition) is 1. The third-order valence-corrected chi connectivity index (χ3v) is 2.66. The van der Waals surface area contributed by atoms with Gasteiger partial charge < -0.3 is 5.32 Å². The first kappa shape index (κ1) is 11.6. The summed E-state index contributed by atoms with van der Waals surface area (Å²) in [5, 5.41) is 3.10. The van der Waals surface area contributed by atoms with E-state index in [9.17, 15) is 4.39 Å². The Balaban J connectivity index is 2.10. The maximum atomic E-state index is 13.5. The molecule has 1 aromatic heterocycles. The highest BCUT2D eigenvalue weighted by Crippen LogP contribution is 2.19. The lowest BCUT2D eigenvalue weighted by Gasteiger charge is -2.10. The minimum atomic E-state index is -0.218. The molecule has 2 aromatic rings. The van der Waals surface area contributed by atoms with Gasteiger partial charge in [0.15, 0.2) is 0 Å². The van der Waals surface area contributed by atoms with Gasteiger partial charge in [-0.05, 0) is 37.1 Å². The van der Waals surface area contributed by atoms with Gasteiger partial charge in [0.05, 0.1) is 5.69 Å². The smallest absolute Gasteiger partial charge is 0.146 e. The summed E-state index contributed by atoms with van der Waals surface area (Å²) in [4.78, 5) is 4.20. The van der Waals surface area contributed by atoms with E-state index in [0.29, 0.717) is 12.2 Å². The van der Waals surface area contributed by atoms with E-state index in [2.05, 4.69) is 10.3 Å². The summed E-state index contributed by atoms with van der Waals surface area (Å²) in [5.74, 6) is -0.218. The van der Waals surface area contributed by atoms with Crippen molar-refractivity contribution in [2.75, 3.05) is 5.32 Å². The molecule has 0 aliphatic heterocycles. The Morgan fingerprint density at radius 3 is 2.65 bits per heavy atom.